The first-order valence-corrected chi connectivity index (χ1v) is 7.75. The lowest BCUT2D eigenvalue weighted by atomic mass is 10.1. The van der Waals surface area contributed by atoms with Gasteiger partial charge in [-0.05, 0) is 39.3 Å². The number of ether oxygens (including phenoxy) is 1. The van der Waals surface area contributed by atoms with Crippen LogP contribution in [0.1, 0.15) is 44.5 Å². The van der Waals surface area contributed by atoms with E-state index in [1.807, 2.05) is 0 Å². The van der Waals surface area contributed by atoms with Crippen LogP contribution < -0.4 is 10.6 Å². The number of carboxylic acid groups (broad SMARTS) is 1. The highest BCUT2D eigenvalue weighted by molar-refractivity contribution is 6.34. The number of halogens is 1. The highest BCUT2D eigenvalue weighted by atomic mass is 35.5. The van der Waals surface area contributed by atoms with E-state index in [9.17, 15) is 19.5 Å². The highest BCUT2D eigenvalue weighted by Crippen LogP contribution is 2.24. The van der Waals surface area contributed by atoms with Crippen LogP contribution in [0.2, 0.25) is 5.02 Å². The van der Waals surface area contributed by atoms with Crippen molar-refractivity contribution in [3.05, 3.63) is 28.8 Å². The molecule has 0 heterocycles. The summed E-state index contributed by atoms with van der Waals surface area (Å²) in [5, 5.41) is 14.1. The third kappa shape index (κ3) is 5.73. The van der Waals surface area contributed by atoms with Gasteiger partial charge in [0.15, 0.2) is 0 Å². The molecule has 2 amide bonds. The van der Waals surface area contributed by atoms with Crippen molar-refractivity contribution >= 4 is 35.3 Å². The van der Waals surface area contributed by atoms with Crippen molar-refractivity contribution in [3.63, 3.8) is 0 Å². The lowest BCUT2D eigenvalue weighted by Gasteiger charge is -2.23. The Morgan fingerprint density at radius 3 is 2.42 bits per heavy atom. The first-order valence-electron chi connectivity index (χ1n) is 7.37. The monoisotopic (exact) mass is 356 g/mol. The number of carboxylic acids is 1. The summed E-state index contributed by atoms with van der Waals surface area (Å²) < 4.78 is 5.11. The quantitative estimate of drug-likeness (QED) is 0.750. The van der Waals surface area contributed by atoms with Crippen LogP contribution in [0.4, 0.5) is 10.5 Å². The number of amides is 2. The first-order chi connectivity index (χ1) is 11.0. The molecule has 0 radical (unpaired) electrons. The Labute approximate surface area is 145 Å². The SMILES string of the molecule is CCC(NC(=O)OC(C)(C)C)C(=O)Nc1cccc(Cl)c1C(=O)O. The van der Waals surface area contributed by atoms with Crippen LogP contribution in [-0.2, 0) is 9.53 Å². The number of hydrogen-bond donors (Lipinski definition) is 3. The van der Waals surface area contributed by atoms with Gasteiger partial charge in [-0.25, -0.2) is 9.59 Å². The first kappa shape index (κ1) is 19.8. The number of benzene rings is 1. The minimum absolute atomic E-state index is 0.00782. The third-order valence-electron chi connectivity index (χ3n) is 2.90. The second-order valence-electron chi connectivity index (χ2n) is 6.06. The number of carbonyl (C=O) groups excluding carboxylic acids is 2. The molecule has 1 aromatic carbocycles. The van der Waals surface area contributed by atoms with Crippen LogP contribution in [0.25, 0.3) is 0 Å². The van der Waals surface area contributed by atoms with Gasteiger partial charge in [0.2, 0.25) is 5.91 Å². The lowest BCUT2D eigenvalue weighted by Crippen LogP contribution is -2.45. The summed E-state index contributed by atoms with van der Waals surface area (Å²) in [5.41, 5.74) is -0.841. The fourth-order valence-electron chi connectivity index (χ4n) is 1.87. The van der Waals surface area contributed by atoms with E-state index in [4.69, 9.17) is 16.3 Å². The van der Waals surface area contributed by atoms with Gasteiger partial charge in [0.05, 0.1) is 10.7 Å². The number of anilines is 1. The van der Waals surface area contributed by atoms with Crippen molar-refractivity contribution in [3.8, 4) is 0 Å². The molecule has 8 heteroatoms. The van der Waals surface area contributed by atoms with E-state index < -0.39 is 29.6 Å². The largest absolute Gasteiger partial charge is 0.478 e. The molecule has 0 aliphatic heterocycles. The van der Waals surface area contributed by atoms with Crippen LogP contribution in [0.3, 0.4) is 0 Å². The fraction of sp³-hybridized carbons (Fsp3) is 0.438. The van der Waals surface area contributed by atoms with E-state index in [1.54, 1.807) is 27.7 Å². The molecule has 1 aromatic rings. The van der Waals surface area contributed by atoms with Crippen molar-refractivity contribution in [2.45, 2.75) is 45.8 Å². The van der Waals surface area contributed by atoms with Gasteiger partial charge in [-0.1, -0.05) is 24.6 Å². The minimum Gasteiger partial charge on any atom is -0.478 e. The number of carbonyl (C=O) groups is 3. The van der Waals surface area contributed by atoms with Gasteiger partial charge in [-0.3, -0.25) is 4.79 Å². The van der Waals surface area contributed by atoms with Gasteiger partial charge in [0.1, 0.15) is 17.2 Å². The zero-order valence-corrected chi connectivity index (χ0v) is 14.7. The molecule has 0 aromatic heterocycles. The second kappa shape index (κ2) is 8.01. The molecule has 3 N–H and O–H groups in total. The van der Waals surface area contributed by atoms with Crippen molar-refractivity contribution in [1.29, 1.82) is 0 Å². The molecule has 0 spiro atoms. The molecule has 0 saturated heterocycles. The average molecular weight is 357 g/mol. The van der Waals surface area contributed by atoms with Gasteiger partial charge in [0.25, 0.3) is 0 Å². The molecule has 0 bridgehead atoms. The Morgan fingerprint density at radius 2 is 1.92 bits per heavy atom. The molecule has 0 aliphatic rings. The summed E-state index contributed by atoms with van der Waals surface area (Å²) in [6, 6.07) is 3.48. The van der Waals surface area contributed by atoms with E-state index in [0.717, 1.165) is 0 Å². The second-order valence-corrected chi connectivity index (χ2v) is 6.47. The fourth-order valence-corrected chi connectivity index (χ4v) is 2.12. The maximum atomic E-state index is 12.3. The van der Waals surface area contributed by atoms with Gasteiger partial charge in [0, 0.05) is 0 Å². The summed E-state index contributed by atoms with van der Waals surface area (Å²) in [7, 11) is 0. The smallest absolute Gasteiger partial charge is 0.408 e. The van der Waals surface area contributed by atoms with E-state index >= 15 is 0 Å². The maximum absolute atomic E-state index is 12.3. The van der Waals surface area contributed by atoms with Gasteiger partial charge in [-0.15, -0.1) is 0 Å². The standard InChI is InChI=1S/C16H21ClN2O5/c1-5-10(19-15(23)24-16(2,3)4)13(20)18-11-8-6-7-9(17)12(11)14(21)22/h6-8,10H,5H2,1-4H3,(H,18,20)(H,19,23)(H,21,22). The van der Waals surface area contributed by atoms with Crippen molar-refractivity contribution < 1.29 is 24.2 Å². The molecule has 1 rings (SSSR count). The molecular formula is C16H21ClN2O5. The number of hydrogen-bond acceptors (Lipinski definition) is 4. The molecule has 1 unspecified atom stereocenters. The predicted molar refractivity (Wildman–Crippen MR) is 90.5 cm³/mol. The van der Waals surface area contributed by atoms with Gasteiger partial charge < -0.3 is 20.5 Å². The van der Waals surface area contributed by atoms with Crippen LogP contribution in [0.5, 0.6) is 0 Å². The van der Waals surface area contributed by atoms with Crippen LogP contribution in [-0.4, -0.2) is 34.7 Å². The Kier molecular flexibility index (Phi) is 6.60. The van der Waals surface area contributed by atoms with Crippen molar-refractivity contribution in [2.75, 3.05) is 5.32 Å². The van der Waals surface area contributed by atoms with Crippen LogP contribution >= 0.6 is 11.6 Å². The topological polar surface area (TPSA) is 105 Å². The van der Waals surface area contributed by atoms with Crippen molar-refractivity contribution in [2.24, 2.45) is 0 Å². The van der Waals surface area contributed by atoms with E-state index in [1.165, 1.54) is 18.2 Å². The number of rotatable bonds is 5. The Balaban J connectivity index is 2.88. The van der Waals surface area contributed by atoms with E-state index in [2.05, 4.69) is 10.6 Å². The summed E-state index contributed by atoms with van der Waals surface area (Å²) in [5.74, 6) is -1.82. The Morgan fingerprint density at radius 1 is 1.29 bits per heavy atom. The highest BCUT2D eigenvalue weighted by Gasteiger charge is 2.24. The summed E-state index contributed by atoms with van der Waals surface area (Å²) >= 11 is 5.86. The summed E-state index contributed by atoms with van der Waals surface area (Å²) in [4.78, 5) is 35.4. The number of nitrogens with one attached hydrogen (secondary N) is 2. The molecular weight excluding hydrogens is 336 g/mol. The van der Waals surface area contributed by atoms with Gasteiger partial charge in [-0.2, -0.15) is 0 Å². The zero-order valence-electron chi connectivity index (χ0n) is 14.0. The molecule has 132 valence electrons. The lowest BCUT2D eigenvalue weighted by molar-refractivity contribution is -0.118. The third-order valence-corrected chi connectivity index (χ3v) is 3.22. The molecule has 0 saturated carbocycles. The zero-order chi connectivity index (χ0) is 18.5. The maximum Gasteiger partial charge on any atom is 0.408 e. The van der Waals surface area contributed by atoms with Crippen LogP contribution in [0, 0.1) is 0 Å². The van der Waals surface area contributed by atoms with E-state index in [0.29, 0.717) is 6.42 Å². The molecule has 24 heavy (non-hydrogen) atoms. The van der Waals surface area contributed by atoms with Crippen LogP contribution in [0.15, 0.2) is 18.2 Å². The Hall–Kier alpha value is -2.28. The average Bonchev–Trinajstić information content (AvgIpc) is 2.42. The molecule has 7 nitrogen and oxygen atoms in total. The number of alkyl carbamates (subject to hydrolysis) is 1. The normalized spacial score (nSPS) is 12.2. The van der Waals surface area contributed by atoms with Gasteiger partial charge >= 0.3 is 12.1 Å². The predicted octanol–water partition coefficient (Wildman–Crippen LogP) is 3.28. The minimum atomic E-state index is -1.26. The summed E-state index contributed by atoms with van der Waals surface area (Å²) in [6.45, 7) is 6.83. The number of aromatic carboxylic acids is 1. The van der Waals surface area contributed by atoms with E-state index in [-0.39, 0.29) is 16.3 Å². The molecule has 0 fully saturated rings. The molecule has 1 atom stereocenters. The van der Waals surface area contributed by atoms with Crippen molar-refractivity contribution in [1.82, 2.24) is 5.32 Å². The summed E-state index contributed by atoms with van der Waals surface area (Å²) in [6.07, 6.45) is -0.428. The Bertz CT molecular complexity index is 640. The molecule has 0 aliphatic carbocycles.